The van der Waals surface area contributed by atoms with Crippen LogP contribution in [0.1, 0.15) is 36.1 Å². The monoisotopic (exact) mass is 287 g/mol. The van der Waals surface area contributed by atoms with Gasteiger partial charge in [-0.05, 0) is 36.9 Å². The normalized spacial score (nSPS) is 17.1. The fourth-order valence-electron chi connectivity index (χ4n) is 2.89. The molecule has 20 heavy (non-hydrogen) atoms. The lowest BCUT2D eigenvalue weighted by Crippen LogP contribution is -2.20. The summed E-state index contributed by atoms with van der Waals surface area (Å²) in [6, 6.07) is 10.5. The molecule has 0 amide bonds. The highest BCUT2D eigenvalue weighted by Gasteiger charge is 2.29. The van der Waals surface area contributed by atoms with Crippen molar-refractivity contribution in [3.8, 4) is 0 Å². The maximum atomic E-state index is 6.13. The molecule has 1 aromatic carbocycles. The SMILES string of the molecule is CCN(C)c1nc(Cl)nc2c1CCC2c1ccccc1. The van der Waals surface area contributed by atoms with Crippen LogP contribution >= 0.6 is 11.6 Å². The Morgan fingerprint density at radius 2 is 2.00 bits per heavy atom. The minimum Gasteiger partial charge on any atom is -0.360 e. The predicted octanol–water partition coefficient (Wildman–Crippen LogP) is 3.66. The Labute approximate surface area is 124 Å². The number of rotatable bonds is 3. The number of fused-ring (bicyclic) bond motifs is 1. The first-order valence-corrected chi connectivity index (χ1v) is 7.41. The van der Waals surface area contributed by atoms with Crippen LogP contribution in [0.15, 0.2) is 30.3 Å². The van der Waals surface area contributed by atoms with Crippen molar-refractivity contribution in [1.82, 2.24) is 9.97 Å². The standard InChI is InChI=1S/C16H18ClN3/c1-3-20(2)15-13-10-9-12(11-7-5-4-6-8-11)14(13)18-16(17)19-15/h4-8,12H,3,9-10H2,1-2H3. The van der Waals surface area contributed by atoms with Gasteiger partial charge in [0, 0.05) is 25.1 Å². The molecule has 0 saturated carbocycles. The van der Waals surface area contributed by atoms with Crippen molar-refractivity contribution in [1.29, 1.82) is 0 Å². The Bertz CT molecular complexity index is 613. The Balaban J connectivity index is 2.08. The molecule has 0 bridgehead atoms. The molecule has 4 heteroatoms. The molecule has 0 N–H and O–H groups in total. The molecule has 0 saturated heterocycles. The van der Waals surface area contributed by atoms with Gasteiger partial charge in [0.1, 0.15) is 5.82 Å². The second-order valence-electron chi connectivity index (χ2n) is 5.20. The van der Waals surface area contributed by atoms with E-state index in [2.05, 4.69) is 53.1 Å². The van der Waals surface area contributed by atoms with Gasteiger partial charge in [-0.1, -0.05) is 30.3 Å². The van der Waals surface area contributed by atoms with Gasteiger partial charge in [0.15, 0.2) is 0 Å². The topological polar surface area (TPSA) is 29.0 Å². The highest BCUT2D eigenvalue weighted by Crippen LogP contribution is 2.40. The summed E-state index contributed by atoms with van der Waals surface area (Å²) in [7, 11) is 2.05. The van der Waals surface area contributed by atoms with Crippen LogP contribution in [-0.4, -0.2) is 23.6 Å². The average Bonchev–Trinajstić information content (AvgIpc) is 2.90. The van der Waals surface area contributed by atoms with E-state index in [1.54, 1.807) is 0 Å². The van der Waals surface area contributed by atoms with Gasteiger partial charge in [-0.15, -0.1) is 0 Å². The third kappa shape index (κ3) is 2.27. The van der Waals surface area contributed by atoms with Gasteiger partial charge >= 0.3 is 0 Å². The molecule has 3 rings (SSSR count). The smallest absolute Gasteiger partial charge is 0.224 e. The second-order valence-corrected chi connectivity index (χ2v) is 5.53. The van der Waals surface area contributed by atoms with Crippen molar-refractivity contribution in [3.63, 3.8) is 0 Å². The van der Waals surface area contributed by atoms with E-state index >= 15 is 0 Å². The lowest BCUT2D eigenvalue weighted by Gasteiger charge is -2.19. The summed E-state index contributed by atoms with van der Waals surface area (Å²) in [5.74, 6) is 1.33. The van der Waals surface area contributed by atoms with E-state index in [9.17, 15) is 0 Å². The van der Waals surface area contributed by atoms with Crippen LogP contribution in [-0.2, 0) is 6.42 Å². The van der Waals surface area contributed by atoms with Crippen LogP contribution in [0.25, 0.3) is 0 Å². The zero-order valence-electron chi connectivity index (χ0n) is 11.8. The van der Waals surface area contributed by atoms with Gasteiger partial charge in [-0.25, -0.2) is 9.97 Å². The summed E-state index contributed by atoms with van der Waals surface area (Å²) in [6.45, 7) is 3.03. The van der Waals surface area contributed by atoms with Gasteiger partial charge < -0.3 is 4.90 Å². The summed E-state index contributed by atoms with van der Waals surface area (Å²) in [4.78, 5) is 11.1. The molecule has 0 radical (unpaired) electrons. The van der Waals surface area contributed by atoms with E-state index in [4.69, 9.17) is 11.6 Å². The van der Waals surface area contributed by atoms with Crippen molar-refractivity contribution >= 4 is 17.4 Å². The fourth-order valence-corrected chi connectivity index (χ4v) is 3.06. The van der Waals surface area contributed by atoms with Crippen LogP contribution in [0.3, 0.4) is 0 Å². The number of hydrogen-bond acceptors (Lipinski definition) is 3. The lowest BCUT2D eigenvalue weighted by molar-refractivity contribution is 0.771. The molecule has 3 nitrogen and oxygen atoms in total. The number of anilines is 1. The Morgan fingerprint density at radius 1 is 1.25 bits per heavy atom. The Kier molecular flexibility index (Phi) is 3.62. The molecule has 0 spiro atoms. The van der Waals surface area contributed by atoms with E-state index in [-0.39, 0.29) is 0 Å². The van der Waals surface area contributed by atoms with E-state index in [1.807, 2.05) is 6.07 Å². The van der Waals surface area contributed by atoms with Crippen molar-refractivity contribution in [2.45, 2.75) is 25.7 Å². The maximum absolute atomic E-state index is 6.13. The van der Waals surface area contributed by atoms with Crippen LogP contribution in [0, 0.1) is 0 Å². The highest BCUT2D eigenvalue weighted by molar-refractivity contribution is 6.28. The van der Waals surface area contributed by atoms with E-state index in [0.29, 0.717) is 11.2 Å². The third-order valence-corrected chi connectivity index (χ3v) is 4.21. The average molecular weight is 288 g/mol. The van der Waals surface area contributed by atoms with Gasteiger partial charge in [0.05, 0.1) is 5.69 Å². The van der Waals surface area contributed by atoms with Crippen LogP contribution in [0.5, 0.6) is 0 Å². The Hall–Kier alpha value is -1.61. The third-order valence-electron chi connectivity index (χ3n) is 4.04. The quantitative estimate of drug-likeness (QED) is 0.807. The zero-order valence-corrected chi connectivity index (χ0v) is 12.6. The number of halogens is 1. The Morgan fingerprint density at radius 3 is 2.70 bits per heavy atom. The van der Waals surface area contributed by atoms with Gasteiger partial charge in [0.2, 0.25) is 5.28 Å². The first kappa shape index (κ1) is 13.4. The number of aromatic nitrogens is 2. The van der Waals surface area contributed by atoms with Crippen molar-refractivity contribution < 1.29 is 0 Å². The molecule has 1 heterocycles. The molecule has 1 aromatic heterocycles. The molecule has 1 unspecified atom stereocenters. The summed E-state index contributed by atoms with van der Waals surface area (Å²) in [6.07, 6.45) is 2.10. The molecule has 0 fully saturated rings. The molecule has 0 aliphatic heterocycles. The molecular weight excluding hydrogens is 270 g/mol. The molecule has 104 valence electrons. The largest absolute Gasteiger partial charge is 0.360 e. The predicted molar refractivity (Wildman–Crippen MR) is 82.6 cm³/mol. The van der Waals surface area contributed by atoms with E-state index < -0.39 is 0 Å². The maximum Gasteiger partial charge on any atom is 0.224 e. The van der Waals surface area contributed by atoms with E-state index in [1.165, 1.54) is 11.1 Å². The van der Waals surface area contributed by atoms with Gasteiger partial charge in [-0.3, -0.25) is 0 Å². The highest BCUT2D eigenvalue weighted by atomic mass is 35.5. The second kappa shape index (κ2) is 5.41. The first-order valence-electron chi connectivity index (χ1n) is 7.03. The summed E-state index contributed by atoms with van der Waals surface area (Å²) in [5, 5.41) is 0.349. The van der Waals surface area contributed by atoms with Crippen LogP contribution in [0.2, 0.25) is 5.28 Å². The van der Waals surface area contributed by atoms with Crippen molar-refractivity contribution in [2.24, 2.45) is 0 Å². The molecular formula is C16H18ClN3. The number of hydrogen-bond donors (Lipinski definition) is 0. The summed E-state index contributed by atoms with van der Waals surface area (Å²) >= 11 is 6.13. The minimum absolute atomic E-state index is 0.343. The zero-order chi connectivity index (χ0) is 14.1. The minimum atomic E-state index is 0.343. The molecule has 1 aliphatic rings. The van der Waals surface area contributed by atoms with Crippen molar-refractivity contribution in [2.75, 3.05) is 18.5 Å². The molecule has 2 aromatic rings. The fraction of sp³-hybridized carbons (Fsp3) is 0.375. The summed E-state index contributed by atoms with van der Waals surface area (Å²) < 4.78 is 0. The lowest BCUT2D eigenvalue weighted by atomic mass is 9.97. The number of nitrogens with zero attached hydrogens (tertiary/aromatic N) is 3. The molecule has 1 atom stereocenters. The first-order chi connectivity index (χ1) is 9.70. The summed E-state index contributed by atoms with van der Waals surface area (Å²) in [5.41, 5.74) is 3.67. The number of benzene rings is 1. The van der Waals surface area contributed by atoms with Crippen LogP contribution in [0.4, 0.5) is 5.82 Å². The van der Waals surface area contributed by atoms with Gasteiger partial charge in [0.25, 0.3) is 0 Å². The van der Waals surface area contributed by atoms with Gasteiger partial charge in [-0.2, -0.15) is 0 Å². The van der Waals surface area contributed by atoms with E-state index in [0.717, 1.165) is 30.9 Å². The molecule has 1 aliphatic carbocycles. The van der Waals surface area contributed by atoms with Crippen LogP contribution < -0.4 is 4.90 Å². The van der Waals surface area contributed by atoms with Crippen molar-refractivity contribution in [3.05, 3.63) is 52.4 Å².